The van der Waals surface area contributed by atoms with E-state index in [2.05, 4.69) is 6.92 Å². The maximum atomic E-state index is 8.88. The van der Waals surface area contributed by atoms with Crippen LogP contribution in [0.25, 0.3) is 0 Å². The fourth-order valence-corrected chi connectivity index (χ4v) is 0. The minimum absolute atomic E-state index is 0. The Kier molecular flexibility index (Phi) is 15.6. The van der Waals surface area contributed by atoms with Crippen molar-refractivity contribution in [1.29, 1.82) is 0 Å². The zero-order chi connectivity index (χ0) is 6.50. The van der Waals surface area contributed by atoms with Gasteiger partial charge in [-0.15, -0.1) is 0 Å². The zero-order valence-corrected chi connectivity index (χ0v) is 6.58. The molecule has 0 aromatic rings. The number of phosphoric acid groups is 1. The van der Waals surface area contributed by atoms with Crippen molar-refractivity contribution < 1.29 is 41.6 Å². The molecule has 0 bridgehead atoms. The average Bonchev–Trinajstić information content (AvgIpc) is 1.36. The molecule has 0 unspecified atom stereocenters. The van der Waals surface area contributed by atoms with Gasteiger partial charge >= 0.3 is 30.2 Å². The molecule has 0 radical (unpaired) electrons. The van der Waals surface area contributed by atoms with Gasteiger partial charge in [0.2, 0.25) is 0 Å². The summed E-state index contributed by atoms with van der Waals surface area (Å²) in [4.78, 5) is 21.6. The monoisotopic (exact) mass is 234 g/mol. The van der Waals surface area contributed by atoms with Crippen LogP contribution < -0.4 is 0 Å². The van der Waals surface area contributed by atoms with Gasteiger partial charge in [-0.2, -0.15) is 6.92 Å². The molecular formula is C2H8AgO4P. The van der Waals surface area contributed by atoms with E-state index in [9.17, 15) is 0 Å². The molecule has 0 rings (SSSR count). The van der Waals surface area contributed by atoms with E-state index in [1.165, 1.54) is 0 Å². The standard InChI is InChI=1S/C2H5.Ag.H3O4P/c1-2;;1-5(2,3)4/h1H2,2H3;;(H3,1,2,3,4)/q-1;+1;. The average molecular weight is 235 g/mol. The summed E-state index contributed by atoms with van der Waals surface area (Å²) in [6.45, 7) is 5.00. The van der Waals surface area contributed by atoms with E-state index in [1.807, 2.05) is 0 Å². The fourth-order valence-electron chi connectivity index (χ4n) is 0. The van der Waals surface area contributed by atoms with Gasteiger partial charge in [-0.1, -0.05) is 0 Å². The van der Waals surface area contributed by atoms with Gasteiger partial charge in [0, 0.05) is 0 Å². The second-order valence-electron chi connectivity index (χ2n) is 0.513. The van der Waals surface area contributed by atoms with Crippen LogP contribution in [0.1, 0.15) is 6.92 Å². The van der Waals surface area contributed by atoms with Crippen LogP contribution in [0.2, 0.25) is 0 Å². The number of hydrogen-bond acceptors (Lipinski definition) is 1. The van der Waals surface area contributed by atoms with Crippen molar-refractivity contribution in [3.63, 3.8) is 0 Å². The van der Waals surface area contributed by atoms with Crippen LogP contribution >= 0.6 is 7.82 Å². The Balaban J connectivity index is -0.0000000750. The van der Waals surface area contributed by atoms with Crippen molar-refractivity contribution in [2.75, 3.05) is 0 Å². The molecule has 4 nitrogen and oxygen atoms in total. The largest absolute Gasteiger partial charge is 1.00 e. The molecule has 0 aliphatic rings. The van der Waals surface area contributed by atoms with E-state index in [-0.39, 0.29) is 22.4 Å². The van der Waals surface area contributed by atoms with Crippen LogP contribution in [0, 0.1) is 6.92 Å². The van der Waals surface area contributed by atoms with Crippen LogP contribution in [0.3, 0.4) is 0 Å². The van der Waals surface area contributed by atoms with E-state index in [4.69, 9.17) is 19.2 Å². The molecule has 0 saturated carbocycles. The molecule has 56 valence electrons. The molecule has 0 heterocycles. The van der Waals surface area contributed by atoms with E-state index in [0.717, 1.165) is 0 Å². The van der Waals surface area contributed by atoms with Gasteiger partial charge in [-0.05, 0) is 0 Å². The van der Waals surface area contributed by atoms with E-state index < -0.39 is 7.82 Å². The normalized spacial score (nSPS) is 8.12. The molecule has 0 aromatic heterocycles. The third kappa shape index (κ3) is 324. The third-order valence-corrected chi connectivity index (χ3v) is 0. The van der Waals surface area contributed by atoms with E-state index >= 15 is 0 Å². The number of hydrogen-bond donors (Lipinski definition) is 3. The summed E-state index contributed by atoms with van der Waals surface area (Å²) in [5.41, 5.74) is 0. The molecule has 0 saturated heterocycles. The van der Waals surface area contributed by atoms with Crippen LogP contribution in [0.15, 0.2) is 0 Å². The quantitative estimate of drug-likeness (QED) is 0.311. The minimum atomic E-state index is -4.64. The van der Waals surface area contributed by atoms with Crippen molar-refractivity contribution in [3.05, 3.63) is 6.92 Å². The summed E-state index contributed by atoms with van der Waals surface area (Å²) in [6.07, 6.45) is 0. The molecule has 0 spiro atoms. The van der Waals surface area contributed by atoms with Crippen molar-refractivity contribution >= 4 is 7.82 Å². The van der Waals surface area contributed by atoms with Crippen LogP contribution in [-0.4, -0.2) is 14.7 Å². The van der Waals surface area contributed by atoms with Gasteiger partial charge in [0.1, 0.15) is 0 Å². The number of rotatable bonds is 0. The maximum Gasteiger partial charge on any atom is 1.00 e. The van der Waals surface area contributed by atoms with Crippen molar-refractivity contribution in [3.8, 4) is 0 Å². The Morgan fingerprint density at radius 2 is 1.25 bits per heavy atom. The summed E-state index contributed by atoms with van der Waals surface area (Å²) in [5.74, 6) is 0. The topological polar surface area (TPSA) is 77.8 Å². The first-order valence-corrected chi connectivity index (χ1v) is 3.05. The Bertz CT molecular complexity index is 60.2. The SMILES string of the molecule is O=P(O)(O)O.[Ag+].[CH2-]C. The van der Waals surface area contributed by atoms with Crippen LogP contribution in [-0.2, 0) is 26.9 Å². The summed E-state index contributed by atoms with van der Waals surface area (Å²) in [7, 11) is -4.64. The minimum Gasteiger partial charge on any atom is -0.346 e. The second-order valence-corrected chi connectivity index (χ2v) is 1.54. The van der Waals surface area contributed by atoms with Crippen molar-refractivity contribution in [2.24, 2.45) is 0 Å². The molecule has 0 atom stereocenters. The molecule has 0 aliphatic heterocycles. The molecule has 3 N–H and O–H groups in total. The molecular weight excluding hydrogens is 227 g/mol. The van der Waals surface area contributed by atoms with Gasteiger partial charge in [0.25, 0.3) is 0 Å². The predicted molar refractivity (Wildman–Crippen MR) is 25.3 cm³/mol. The van der Waals surface area contributed by atoms with Crippen molar-refractivity contribution in [2.45, 2.75) is 6.92 Å². The predicted octanol–water partition coefficient (Wildman–Crippen LogP) is -0.0907. The first-order chi connectivity index (χ1) is 3.00. The summed E-state index contributed by atoms with van der Waals surface area (Å²) >= 11 is 0. The Morgan fingerprint density at radius 3 is 1.25 bits per heavy atom. The van der Waals surface area contributed by atoms with Gasteiger partial charge < -0.3 is 21.6 Å². The molecule has 6 heteroatoms. The fraction of sp³-hybridized carbons (Fsp3) is 0.500. The van der Waals surface area contributed by atoms with Gasteiger partial charge in [0.15, 0.2) is 0 Å². The molecule has 0 amide bonds. The van der Waals surface area contributed by atoms with Gasteiger partial charge in [0.05, 0.1) is 0 Å². The molecule has 8 heavy (non-hydrogen) atoms. The summed E-state index contributed by atoms with van der Waals surface area (Å²) < 4.78 is 8.88. The zero-order valence-electron chi connectivity index (χ0n) is 4.21. The molecule has 0 aliphatic carbocycles. The summed E-state index contributed by atoms with van der Waals surface area (Å²) in [5, 5.41) is 0. The molecule has 0 aromatic carbocycles. The van der Waals surface area contributed by atoms with Crippen molar-refractivity contribution in [1.82, 2.24) is 0 Å². The first kappa shape index (κ1) is 15.9. The van der Waals surface area contributed by atoms with Crippen LogP contribution in [0.4, 0.5) is 0 Å². The Morgan fingerprint density at radius 1 is 1.25 bits per heavy atom. The molecule has 0 fully saturated rings. The third-order valence-electron chi connectivity index (χ3n) is 0. The Hall–Kier alpha value is 0.850. The van der Waals surface area contributed by atoms with Gasteiger partial charge in [-0.3, -0.25) is 0 Å². The second kappa shape index (κ2) is 7.85. The first-order valence-electron chi connectivity index (χ1n) is 1.49. The van der Waals surface area contributed by atoms with Gasteiger partial charge in [-0.25, -0.2) is 4.57 Å². The maximum absolute atomic E-state index is 8.88. The van der Waals surface area contributed by atoms with E-state index in [0.29, 0.717) is 0 Å². The Labute approximate surface area is 63.7 Å². The van der Waals surface area contributed by atoms with Crippen LogP contribution in [0.5, 0.6) is 0 Å². The van der Waals surface area contributed by atoms with E-state index in [1.54, 1.807) is 6.92 Å². The smallest absolute Gasteiger partial charge is 0.346 e. The summed E-state index contributed by atoms with van der Waals surface area (Å²) in [6, 6.07) is 0.